The summed E-state index contributed by atoms with van der Waals surface area (Å²) in [4.78, 5) is 23.7. The van der Waals surface area contributed by atoms with Gasteiger partial charge in [-0.25, -0.2) is 18.4 Å². The second-order valence-electron chi connectivity index (χ2n) is 7.97. The van der Waals surface area contributed by atoms with E-state index in [9.17, 15) is 13.2 Å². The minimum atomic E-state index is -3.31. The lowest BCUT2D eigenvalue weighted by Gasteiger charge is -2.20. The van der Waals surface area contributed by atoms with E-state index in [4.69, 9.17) is 4.74 Å². The summed E-state index contributed by atoms with van der Waals surface area (Å²) in [6, 6.07) is 17.9. The van der Waals surface area contributed by atoms with Crippen molar-refractivity contribution in [2.75, 3.05) is 19.4 Å². The molecule has 2 aromatic heterocycles. The SMILES string of the molecule is CS(=O)(=O)c1ccc(C(=O)N2CCOc3ccc(-c4cnc5ncccc5c4)cc3C2)cc1. The average molecular weight is 460 g/mol. The quantitative estimate of drug-likeness (QED) is 0.464. The van der Waals surface area contributed by atoms with E-state index >= 15 is 0 Å². The van der Waals surface area contributed by atoms with Crippen LogP contribution in [-0.4, -0.2) is 48.6 Å². The lowest BCUT2D eigenvalue weighted by atomic mass is 10.0. The highest BCUT2D eigenvalue weighted by molar-refractivity contribution is 7.90. The first kappa shape index (κ1) is 21.1. The van der Waals surface area contributed by atoms with Gasteiger partial charge >= 0.3 is 0 Å². The van der Waals surface area contributed by atoms with Crippen molar-refractivity contribution in [1.82, 2.24) is 14.9 Å². The van der Waals surface area contributed by atoms with E-state index < -0.39 is 9.84 Å². The number of pyridine rings is 2. The van der Waals surface area contributed by atoms with Gasteiger partial charge in [-0.2, -0.15) is 0 Å². The first-order valence-electron chi connectivity index (χ1n) is 10.4. The molecule has 0 spiro atoms. The Kier molecular flexibility index (Phi) is 5.30. The molecule has 1 aliphatic rings. The van der Waals surface area contributed by atoms with E-state index in [1.165, 1.54) is 12.1 Å². The molecular weight excluding hydrogens is 438 g/mol. The second-order valence-corrected chi connectivity index (χ2v) is 9.98. The molecular formula is C25H21N3O4S. The molecule has 0 saturated carbocycles. The van der Waals surface area contributed by atoms with Crippen molar-refractivity contribution < 1.29 is 17.9 Å². The topological polar surface area (TPSA) is 89.5 Å². The van der Waals surface area contributed by atoms with Gasteiger partial charge in [0.25, 0.3) is 5.91 Å². The third-order valence-corrected chi connectivity index (χ3v) is 6.77. The van der Waals surface area contributed by atoms with Gasteiger partial charge in [-0.3, -0.25) is 4.79 Å². The minimum Gasteiger partial charge on any atom is -0.491 e. The van der Waals surface area contributed by atoms with Gasteiger partial charge < -0.3 is 9.64 Å². The number of amides is 1. The highest BCUT2D eigenvalue weighted by atomic mass is 32.2. The Labute approximate surface area is 191 Å². The van der Waals surface area contributed by atoms with Crippen LogP contribution in [0.5, 0.6) is 5.75 Å². The number of ether oxygens (including phenoxy) is 1. The summed E-state index contributed by atoms with van der Waals surface area (Å²) in [6.07, 6.45) is 4.65. The number of hydrogen-bond donors (Lipinski definition) is 0. The predicted octanol–water partition coefficient (Wildman–Crippen LogP) is 3.74. The monoisotopic (exact) mass is 459 g/mol. The van der Waals surface area contributed by atoms with Crippen LogP contribution in [0.3, 0.4) is 0 Å². The molecule has 2 aromatic carbocycles. The van der Waals surface area contributed by atoms with Gasteiger partial charge in [-0.05, 0) is 60.2 Å². The van der Waals surface area contributed by atoms with E-state index in [1.54, 1.807) is 29.4 Å². The molecule has 4 aromatic rings. The fourth-order valence-electron chi connectivity index (χ4n) is 3.90. The standard InChI is InChI=1S/C25H21N3O4S/c1-33(30,31)22-7-4-17(5-8-22)25(29)28-11-12-32-23-9-6-18(13-21(23)16-28)20-14-19-3-2-10-26-24(19)27-15-20/h2-10,13-15H,11-12,16H2,1H3. The van der Waals surface area contributed by atoms with Gasteiger partial charge in [0.15, 0.2) is 15.5 Å². The number of sulfone groups is 1. The number of aromatic nitrogens is 2. The Morgan fingerprint density at radius 1 is 1.00 bits per heavy atom. The Morgan fingerprint density at radius 3 is 2.61 bits per heavy atom. The maximum absolute atomic E-state index is 13.1. The molecule has 8 heteroatoms. The predicted molar refractivity (Wildman–Crippen MR) is 125 cm³/mol. The first-order chi connectivity index (χ1) is 15.9. The zero-order chi connectivity index (χ0) is 23.0. The molecule has 7 nitrogen and oxygen atoms in total. The van der Waals surface area contributed by atoms with Crippen LogP contribution in [0.4, 0.5) is 0 Å². The van der Waals surface area contributed by atoms with Crippen molar-refractivity contribution >= 4 is 26.8 Å². The molecule has 0 atom stereocenters. The zero-order valence-corrected chi connectivity index (χ0v) is 18.7. The molecule has 0 unspecified atom stereocenters. The van der Waals surface area contributed by atoms with E-state index in [2.05, 4.69) is 9.97 Å². The largest absolute Gasteiger partial charge is 0.491 e. The number of fused-ring (bicyclic) bond motifs is 2. The van der Waals surface area contributed by atoms with E-state index in [0.29, 0.717) is 30.9 Å². The number of carbonyl (C=O) groups excluding carboxylic acids is 1. The van der Waals surface area contributed by atoms with Gasteiger partial charge in [0.05, 0.1) is 11.4 Å². The number of rotatable bonds is 3. The normalized spacial score (nSPS) is 13.8. The van der Waals surface area contributed by atoms with Crippen molar-refractivity contribution in [3.05, 3.63) is 84.2 Å². The minimum absolute atomic E-state index is 0.171. The van der Waals surface area contributed by atoms with Crippen molar-refractivity contribution in [3.63, 3.8) is 0 Å². The summed E-state index contributed by atoms with van der Waals surface area (Å²) in [7, 11) is -3.31. The number of benzene rings is 2. The molecule has 0 fully saturated rings. The molecule has 3 heterocycles. The number of nitrogens with zero attached hydrogens (tertiary/aromatic N) is 3. The van der Waals surface area contributed by atoms with Crippen molar-refractivity contribution in [2.45, 2.75) is 11.4 Å². The van der Waals surface area contributed by atoms with Gasteiger partial charge in [0.2, 0.25) is 0 Å². The molecule has 1 amide bonds. The van der Waals surface area contributed by atoms with Gasteiger partial charge in [0.1, 0.15) is 12.4 Å². The van der Waals surface area contributed by atoms with Crippen LogP contribution in [0, 0.1) is 0 Å². The van der Waals surface area contributed by atoms with Gasteiger partial charge in [0, 0.05) is 47.3 Å². The van der Waals surface area contributed by atoms with Gasteiger partial charge in [-0.15, -0.1) is 0 Å². The molecule has 0 radical (unpaired) electrons. The highest BCUT2D eigenvalue weighted by Gasteiger charge is 2.22. The van der Waals surface area contributed by atoms with Crippen molar-refractivity contribution in [1.29, 1.82) is 0 Å². The third-order valence-electron chi connectivity index (χ3n) is 5.64. The first-order valence-corrected chi connectivity index (χ1v) is 12.3. The zero-order valence-electron chi connectivity index (χ0n) is 17.9. The Balaban J connectivity index is 1.43. The number of carbonyl (C=O) groups is 1. The lowest BCUT2D eigenvalue weighted by molar-refractivity contribution is 0.0733. The number of hydrogen-bond acceptors (Lipinski definition) is 6. The Bertz CT molecular complexity index is 1470. The summed E-state index contributed by atoms with van der Waals surface area (Å²) in [5, 5.41) is 0.954. The van der Waals surface area contributed by atoms with E-state index in [1.807, 2.05) is 36.4 Å². The van der Waals surface area contributed by atoms with Gasteiger partial charge in [-0.1, -0.05) is 6.07 Å². The second kappa shape index (κ2) is 8.29. The fraction of sp³-hybridized carbons (Fsp3) is 0.160. The van der Waals surface area contributed by atoms with E-state index in [-0.39, 0.29) is 10.8 Å². The third kappa shape index (κ3) is 4.29. The fourth-order valence-corrected chi connectivity index (χ4v) is 4.53. The summed E-state index contributed by atoms with van der Waals surface area (Å²) in [5.74, 6) is 0.576. The van der Waals surface area contributed by atoms with E-state index in [0.717, 1.165) is 34.1 Å². The molecule has 0 saturated heterocycles. The van der Waals surface area contributed by atoms with Crippen molar-refractivity contribution in [2.24, 2.45) is 0 Å². The van der Waals surface area contributed by atoms with Crippen LogP contribution in [-0.2, 0) is 16.4 Å². The van der Waals surface area contributed by atoms with Crippen LogP contribution in [0.2, 0.25) is 0 Å². The smallest absolute Gasteiger partial charge is 0.254 e. The maximum atomic E-state index is 13.1. The Morgan fingerprint density at radius 2 is 1.82 bits per heavy atom. The molecule has 166 valence electrons. The molecule has 0 bridgehead atoms. The molecule has 0 aliphatic carbocycles. The molecule has 5 rings (SSSR count). The van der Waals surface area contributed by atoms with Crippen LogP contribution >= 0.6 is 0 Å². The summed E-state index contributed by atoms with van der Waals surface area (Å²) >= 11 is 0. The van der Waals surface area contributed by atoms with Crippen LogP contribution in [0.25, 0.3) is 22.2 Å². The highest BCUT2D eigenvalue weighted by Crippen LogP contribution is 2.30. The summed E-state index contributed by atoms with van der Waals surface area (Å²) < 4.78 is 29.3. The molecule has 33 heavy (non-hydrogen) atoms. The Hall–Kier alpha value is -3.78. The van der Waals surface area contributed by atoms with Crippen LogP contribution in [0.1, 0.15) is 15.9 Å². The lowest BCUT2D eigenvalue weighted by Crippen LogP contribution is -2.32. The van der Waals surface area contributed by atoms with Crippen LogP contribution < -0.4 is 4.74 Å². The molecule has 0 N–H and O–H groups in total. The summed E-state index contributed by atoms with van der Waals surface area (Å²) in [6.45, 7) is 1.20. The van der Waals surface area contributed by atoms with Crippen molar-refractivity contribution in [3.8, 4) is 16.9 Å². The molecule has 1 aliphatic heterocycles. The van der Waals surface area contributed by atoms with Crippen LogP contribution in [0.15, 0.2) is 78.0 Å². The maximum Gasteiger partial charge on any atom is 0.254 e. The average Bonchev–Trinajstić information content (AvgIpc) is 3.05. The summed E-state index contributed by atoms with van der Waals surface area (Å²) in [5.41, 5.74) is 3.96.